The Morgan fingerprint density at radius 1 is 1.24 bits per heavy atom. The first-order chi connectivity index (χ1) is 18.1. The van der Waals surface area contributed by atoms with Gasteiger partial charge in [0.2, 0.25) is 5.91 Å². The molecule has 3 unspecified atom stereocenters. The zero-order valence-corrected chi connectivity index (χ0v) is 24.8. The molecule has 3 aliphatic heterocycles. The first kappa shape index (κ1) is 29.0. The first-order valence-corrected chi connectivity index (χ1v) is 15.1. The number of anilines is 2. The number of carboxylic acids is 1. The highest BCUT2D eigenvalue weighted by Gasteiger charge is 2.76. The molecule has 3 aliphatic rings. The van der Waals surface area contributed by atoms with E-state index in [2.05, 4.69) is 41.3 Å². The Morgan fingerprint density at radius 2 is 1.84 bits per heavy atom. The molecule has 3 heterocycles. The average molecular weight is 609 g/mol. The van der Waals surface area contributed by atoms with E-state index >= 15 is 0 Å². The van der Waals surface area contributed by atoms with Crippen LogP contribution >= 0.6 is 27.7 Å². The van der Waals surface area contributed by atoms with E-state index in [0.29, 0.717) is 12.1 Å². The molecule has 10 heteroatoms. The smallest absolute Gasteiger partial charge is 0.308 e. The third kappa shape index (κ3) is 4.46. The zero-order valence-electron chi connectivity index (χ0n) is 22.4. The highest BCUT2D eigenvalue weighted by atomic mass is 79.9. The number of aliphatic hydroxyl groups excluding tert-OH is 1. The van der Waals surface area contributed by atoms with E-state index in [-0.39, 0.29) is 41.0 Å². The molecule has 1 aromatic rings. The maximum absolute atomic E-state index is 14.6. The van der Waals surface area contributed by atoms with Crippen molar-refractivity contribution in [3.05, 3.63) is 36.9 Å². The maximum atomic E-state index is 14.6. The summed E-state index contributed by atoms with van der Waals surface area (Å²) in [5.74, 6) is -3.46. The van der Waals surface area contributed by atoms with Gasteiger partial charge in [-0.25, -0.2) is 0 Å². The summed E-state index contributed by atoms with van der Waals surface area (Å²) < 4.78 is -0.890. The Bertz CT molecular complexity index is 1080. The standard InChI is InChI=1S/C28H38BrN3O5S/c1-6-13-31(18-11-9-17(10-12-18)30(7-2)8-3)26(35)24-28-14-19(29)23(38-28)21(27(36)37)22(28)25(34)32(24)20(15-33)16(4)5/h6,9-12,16,19-24,33H,1,7-8,13-15H2,2-5H3,(H,36,37)/t19?,20-,21-,22-,23-,24?,28?/m0/s1. The molecule has 7 atom stereocenters. The number of alkyl halides is 1. The summed E-state index contributed by atoms with van der Waals surface area (Å²) in [6.45, 7) is 13.5. The lowest BCUT2D eigenvalue weighted by Crippen LogP contribution is -2.58. The van der Waals surface area contributed by atoms with Crippen molar-refractivity contribution in [2.75, 3.05) is 36.0 Å². The minimum absolute atomic E-state index is 0.124. The molecule has 0 radical (unpaired) electrons. The lowest BCUT2D eigenvalue weighted by Gasteiger charge is -2.41. The Kier molecular flexibility index (Phi) is 8.55. The van der Waals surface area contributed by atoms with Crippen LogP contribution in [0.5, 0.6) is 0 Å². The van der Waals surface area contributed by atoms with Gasteiger partial charge in [0.15, 0.2) is 0 Å². The molecule has 38 heavy (non-hydrogen) atoms. The van der Waals surface area contributed by atoms with Crippen molar-refractivity contribution in [2.24, 2.45) is 17.8 Å². The molecule has 3 fully saturated rings. The predicted molar refractivity (Wildman–Crippen MR) is 155 cm³/mol. The second-order valence-electron chi connectivity index (χ2n) is 10.7. The summed E-state index contributed by atoms with van der Waals surface area (Å²) in [7, 11) is 0. The molecule has 208 valence electrons. The van der Waals surface area contributed by atoms with Crippen molar-refractivity contribution >= 4 is 56.9 Å². The molecule has 0 aliphatic carbocycles. The lowest BCUT2D eigenvalue weighted by molar-refractivity contribution is -0.149. The lowest BCUT2D eigenvalue weighted by atomic mass is 9.71. The molecule has 2 amide bonds. The van der Waals surface area contributed by atoms with Crippen LogP contribution in [0.25, 0.3) is 0 Å². The van der Waals surface area contributed by atoms with Crippen molar-refractivity contribution in [1.29, 1.82) is 0 Å². The number of carbonyl (C=O) groups is 3. The number of hydrogen-bond acceptors (Lipinski definition) is 6. The third-order valence-corrected chi connectivity index (χ3v) is 11.6. The van der Waals surface area contributed by atoms with Gasteiger partial charge in [-0.1, -0.05) is 35.9 Å². The normalized spacial score (nSPS) is 30.4. The average Bonchev–Trinajstić information content (AvgIpc) is 3.47. The number of rotatable bonds is 11. The number of benzene rings is 1. The molecule has 0 aromatic heterocycles. The number of aliphatic hydroxyl groups is 1. The van der Waals surface area contributed by atoms with Crippen molar-refractivity contribution < 1.29 is 24.6 Å². The van der Waals surface area contributed by atoms with Gasteiger partial charge in [-0.15, -0.1) is 18.3 Å². The fourth-order valence-electron chi connectivity index (χ4n) is 6.64. The summed E-state index contributed by atoms with van der Waals surface area (Å²) >= 11 is 5.14. The Balaban J connectivity index is 1.81. The summed E-state index contributed by atoms with van der Waals surface area (Å²) in [5, 5.41) is 20.2. The highest BCUT2D eigenvalue weighted by molar-refractivity contribution is 9.09. The monoisotopic (exact) mass is 607 g/mol. The van der Waals surface area contributed by atoms with Gasteiger partial charge in [0.05, 0.1) is 29.2 Å². The predicted octanol–water partition coefficient (Wildman–Crippen LogP) is 3.62. The molecule has 2 bridgehead atoms. The van der Waals surface area contributed by atoms with Crippen LogP contribution < -0.4 is 9.80 Å². The molecular weight excluding hydrogens is 570 g/mol. The number of carboxylic acid groups (broad SMARTS) is 1. The van der Waals surface area contributed by atoms with Crippen LogP contribution in [0.4, 0.5) is 11.4 Å². The number of fused-ring (bicyclic) bond motifs is 1. The Morgan fingerprint density at radius 3 is 2.34 bits per heavy atom. The van der Waals surface area contributed by atoms with E-state index in [1.165, 1.54) is 16.7 Å². The van der Waals surface area contributed by atoms with Gasteiger partial charge >= 0.3 is 5.97 Å². The van der Waals surface area contributed by atoms with Gasteiger partial charge in [0.1, 0.15) is 6.04 Å². The first-order valence-electron chi connectivity index (χ1n) is 13.3. The summed E-state index contributed by atoms with van der Waals surface area (Å²) in [5.41, 5.74) is 1.74. The molecule has 2 N–H and O–H groups in total. The van der Waals surface area contributed by atoms with Crippen molar-refractivity contribution in [2.45, 2.75) is 61.0 Å². The van der Waals surface area contributed by atoms with Crippen LogP contribution in [-0.2, 0) is 14.4 Å². The molecule has 8 nitrogen and oxygen atoms in total. The van der Waals surface area contributed by atoms with Crippen LogP contribution in [0.15, 0.2) is 36.9 Å². The van der Waals surface area contributed by atoms with Gasteiger partial charge in [0, 0.05) is 41.1 Å². The molecule has 1 aromatic carbocycles. The summed E-state index contributed by atoms with van der Waals surface area (Å²) in [6.07, 6.45) is 2.17. The van der Waals surface area contributed by atoms with Gasteiger partial charge < -0.3 is 24.9 Å². The van der Waals surface area contributed by atoms with Crippen LogP contribution in [0.3, 0.4) is 0 Å². The van der Waals surface area contributed by atoms with E-state index in [1.807, 2.05) is 38.1 Å². The maximum Gasteiger partial charge on any atom is 0.308 e. The molecule has 3 saturated heterocycles. The van der Waals surface area contributed by atoms with Gasteiger partial charge in [-0.2, -0.15) is 0 Å². The van der Waals surface area contributed by atoms with Gasteiger partial charge in [-0.3, -0.25) is 14.4 Å². The number of carbonyl (C=O) groups excluding carboxylic acids is 2. The van der Waals surface area contributed by atoms with E-state index in [1.54, 1.807) is 11.0 Å². The van der Waals surface area contributed by atoms with E-state index < -0.39 is 34.6 Å². The summed E-state index contributed by atoms with van der Waals surface area (Å²) in [4.78, 5) is 46.3. The number of aliphatic carboxylic acids is 1. The fraction of sp³-hybridized carbons (Fsp3) is 0.607. The number of amides is 2. The minimum atomic E-state index is -1.01. The Hall–Kier alpha value is -2.04. The molecule has 0 saturated carbocycles. The Labute approximate surface area is 237 Å². The van der Waals surface area contributed by atoms with Crippen molar-refractivity contribution in [3.63, 3.8) is 0 Å². The van der Waals surface area contributed by atoms with E-state index in [9.17, 15) is 24.6 Å². The largest absolute Gasteiger partial charge is 0.481 e. The van der Waals surface area contributed by atoms with Crippen LogP contribution in [0.2, 0.25) is 0 Å². The van der Waals surface area contributed by atoms with Gasteiger partial charge in [-0.05, 0) is 50.5 Å². The van der Waals surface area contributed by atoms with Crippen LogP contribution in [-0.4, -0.2) is 86.0 Å². The molecule has 4 rings (SSSR count). The number of thioether (sulfide) groups is 1. The van der Waals surface area contributed by atoms with E-state index in [0.717, 1.165) is 18.8 Å². The fourth-order valence-corrected chi connectivity index (χ4v) is 10.2. The molecular formula is C28H38BrN3O5S. The van der Waals surface area contributed by atoms with Crippen molar-refractivity contribution in [3.8, 4) is 0 Å². The zero-order chi connectivity index (χ0) is 27.9. The van der Waals surface area contributed by atoms with Crippen molar-refractivity contribution in [1.82, 2.24) is 4.90 Å². The summed E-state index contributed by atoms with van der Waals surface area (Å²) in [6, 6.07) is 6.28. The second kappa shape index (κ2) is 11.2. The highest BCUT2D eigenvalue weighted by Crippen LogP contribution is 2.68. The van der Waals surface area contributed by atoms with Gasteiger partial charge in [0.25, 0.3) is 5.91 Å². The molecule has 1 spiro atoms. The number of halogens is 1. The van der Waals surface area contributed by atoms with Crippen LogP contribution in [0, 0.1) is 17.8 Å². The SMILES string of the molecule is C=CCN(C(=O)C1N([C@@H](CO)C(C)C)C(=O)[C@@H]2[C@H](C(=O)O)[C@H]3SC12CC3Br)c1ccc(N(CC)CC)cc1. The van der Waals surface area contributed by atoms with Crippen LogP contribution in [0.1, 0.15) is 34.1 Å². The number of nitrogens with zero attached hydrogens (tertiary/aromatic N) is 3. The minimum Gasteiger partial charge on any atom is -0.481 e. The number of likely N-dealkylation sites (tertiary alicyclic amines) is 1. The topological polar surface area (TPSA) is 101 Å². The van der Waals surface area contributed by atoms with E-state index in [4.69, 9.17) is 0 Å². The second-order valence-corrected chi connectivity index (χ2v) is 13.4. The third-order valence-electron chi connectivity index (χ3n) is 8.43. The quantitative estimate of drug-likeness (QED) is 0.293. The number of hydrogen-bond donors (Lipinski definition) is 2.